The molecule has 0 bridgehead atoms. The van der Waals surface area contributed by atoms with E-state index >= 15 is 0 Å². The lowest BCUT2D eigenvalue weighted by molar-refractivity contribution is 0.353. The largest absolute Gasteiger partial charge is 0.497 e. The summed E-state index contributed by atoms with van der Waals surface area (Å²) in [6.45, 7) is 0.570. The fraction of sp³-hybridized carbons (Fsp3) is 0.148. The average molecular weight is 565 g/mol. The number of hydrogen-bond donors (Lipinski definition) is 2. The maximum absolute atomic E-state index is 13.5. The van der Waals surface area contributed by atoms with Gasteiger partial charge in [0.2, 0.25) is 5.89 Å². The van der Waals surface area contributed by atoms with E-state index in [1.54, 1.807) is 54.7 Å². The van der Waals surface area contributed by atoms with Crippen molar-refractivity contribution in [2.24, 2.45) is 0 Å². The molecule has 12 heteroatoms. The Morgan fingerprint density at radius 3 is 2.44 bits per heavy atom. The first-order valence-corrected chi connectivity index (χ1v) is 13.7. The first-order chi connectivity index (χ1) is 18.7. The highest BCUT2D eigenvalue weighted by molar-refractivity contribution is 7.92. The minimum atomic E-state index is -4.09. The second kappa shape index (κ2) is 10.9. The number of aromatic nitrogens is 3. The van der Waals surface area contributed by atoms with Gasteiger partial charge in [0.1, 0.15) is 11.5 Å². The molecule has 5 rings (SSSR count). The number of benzene rings is 3. The monoisotopic (exact) mass is 564 g/mol. The Bertz CT molecular complexity index is 1760. The van der Waals surface area contributed by atoms with Crippen molar-refractivity contribution in [2.45, 2.75) is 11.4 Å². The molecule has 0 atom stereocenters. The molecular formula is C27H25ClN6O4S. The zero-order valence-electron chi connectivity index (χ0n) is 21.3. The lowest BCUT2D eigenvalue weighted by atomic mass is 10.2. The molecule has 0 unspecified atom stereocenters. The Balaban J connectivity index is 1.51. The van der Waals surface area contributed by atoms with Crippen LogP contribution in [-0.4, -0.2) is 49.5 Å². The van der Waals surface area contributed by atoms with Gasteiger partial charge in [0.05, 0.1) is 46.5 Å². The number of fused-ring (bicyclic) bond motifs is 1. The fourth-order valence-corrected chi connectivity index (χ4v) is 5.04. The molecule has 0 aliphatic rings. The molecule has 2 aromatic heterocycles. The number of anilines is 3. The summed E-state index contributed by atoms with van der Waals surface area (Å²) in [6.07, 6.45) is 1.63. The molecule has 0 fully saturated rings. The summed E-state index contributed by atoms with van der Waals surface area (Å²) >= 11 is 6.39. The smallest absolute Gasteiger partial charge is 0.263 e. The van der Waals surface area contributed by atoms with E-state index in [1.165, 1.54) is 19.2 Å². The molecule has 10 nitrogen and oxygen atoms in total. The summed E-state index contributed by atoms with van der Waals surface area (Å²) in [5, 5.41) is 3.49. The summed E-state index contributed by atoms with van der Waals surface area (Å²) < 4.78 is 40.7. The van der Waals surface area contributed by atoms with E-state index in [0.717, 1.165) is 0 Å². The Morgan fingerprint density at radius 2 is 1.72 bits per heavy atom. The predicted molar refractivity (Wildman–Crippen MR) is 151 cm³/mol. The van der Waals surface area contributed by atoms with Crippen molar-refractivity contribution in [1.29, 1.82) is 0 Å². The molecule has 0 saturated carbocycles. The van der Waals surface area contributed by atoms with Gasteiger partial charge in [-0.3, -0.25) is 4.72 Å². The van der Waals surface area contributed by atoms with Gasteiger partial charge >= 0.3 is 0 Å². The van der Waals surface area contributed by atoms with Crippen LogP contribution in [-0.2, 0) is 16.6 Å². The van der Waals surface area contributed by atoms with E-state index in [2.05, 4.69) is 25.0 Å². The molecule has 0 radical (unpaired) electrons. The van der Waals surface area contributed by atoms with Crippen molar-refractivity contribution in [3.63, 3.8) is 0 Å². The maximum atomic E-state index is 13.5. The molecule has 3 aromatic carbocycles. The number of para-hydroxylation sites is 2. The molecule has 0 aliphatic carbocycles. The summed E-state index contributed by atoms with van der Waals surface area (Å²) in [5.74, 6) is 1.73. The van der Waals surface area contributed by atoms with Crippen molar-refractivity contribution < 1.29 is 17.6 Å². The average Bonchev–Trinajstić information content (AvgIpc) is 3.38. The van der Waals surface area contributed by atoms with Gasteiger partial charge in [0, 0.05) is 11.6 Å². The van der Waals surface area contributed by atoms with Crippen molar-refractivity contribution in [3.05, 3.63) is 83.7 Å². The van der Waals surface area contributed by atoms with Gasteiger partial charge in [-0.25, -0.2) is 23.4 Å². The van der Waals surface area contributed by atoms with Gasteiger partial charge in [-0.1, -0.05) is 29.8 Å². The van der Waals surface area contributed by atoms with Crippen LogP contribution in [0.25, 0.3) is 22.5 Å². The normalized spacial score (nSPS) is 11.6. The third-order valence-corrected chi connectivity index (χ3v) is 7.31. The third kappa shape index (κ3) is 5.95. The number of methoxy groups -OCH3 is 1. The van der Waals surface area contributed by atoms with Crippen LogP contribution >= 0.6 is 11.6 Å². The van der Waals surface area contributed by atoms with Crippen LogP contribution in [0.2, 0.25) is 5.02 Å². The summed E-state index contributed by atoms with van der Waals surface area (Å²) in [5.41, 5.74) is 2.08. The van der Waals surface area contributed by atoms with E-state index in [1.807, 2.05) is 25.1 Å². The first-order valence-electron chi connectivity index (χ1n) is 11.8. The maximum Gasteiger partial charge on any atom is 0.263 e. The van der Waals surface area contributed by atoms with Gasteiger partial charge in [0.25, 0.3) is 10.0 Å². The van der Waals surface area contributed by atoms with E-state index in [-0.39, 0.29) is 16.5 Å². The van der Waals surface area contributed by atoms with Crippen molar-refractivity contribution >= 4 is 50.0 Å². The van der Waals surface area contributed by atoms with Crippen molar-refractivity contribution in [2.75, 3.05) is 31.2 Å². The molecule has 39 heavy (non-hydrogen) atoms. The number of rotatable bonds is 9. The van der Waals surface area contributed by atoms with E-state index in [0.29, 0.717) is 51.3 Å². The van der Waals surface area contributed by atoms with Gasteiger partial charge in [-0.2, -0.15) is 0 Å². The van der Waals surface area contributed by atoms with Gasteiger partial charge in [0.15, 0.2) is 11.6 Å². The highest BCUT2D eigenvalue weighted by Crippen LogP contribution is 2.33. The molecular weight excluding hydrogens is 540 g/mol. The van der Waals surface area contributed by atoms with Gasteiger partial charge < -0.3 is 19.4 Å². The number of sulfonamides is 1. The number of ether oxygens (including phenoxy) is 1. The molecule has 0 amide bonds. The molecule has 0 aliphatic heterocycles. The highest BCUT2D eigenvalue weighted by atomic mass is 35.5. The topological polar surface area (TPSA) is 122 Å². The fourth-order valence-electron chi connectivity index (χ4n) is 3.82. The highest BCUT2D eigenvalue weighted by Gasteiger charge is 2.21. The van der Waals surface area contributed by atoms with Crippen LogP contribution in [0.4, 0.5) is 17.3 Å². The lowest BCUT2D eigenvalue weighted by Gasteiger charge is -2.15. The second-order valence-corrected chi connectivity index (χ2v) is 11.0. The third-order valence-electron chi connectivity index (χ3n) is 5.65. The summed E-state index contributed by atoms with van der Waals surface area (Å²) in [7, 11) is 1.29. The van der Waals surface area contributed by atoms with Crippen LogP contribution in [0.3, 0.4) is 0 Å². The second-order valence-electron chi connectivity index (χ2n) is 8.88. The lowest BCUT2D eigenvalue weighted by Crippen LogP contribution is -2.16. The summed E-state index contributed by atoms with van der Waals surface area (Å²) in [6, 6.07) is 18.5. The molecule has 2 N–H and O–H groups in total. The number of halogens is 1. The van der Waals surface area contributed by atoms with Crippen LogP contribution in [0.1, 0.15) is 5.76 Å². The molecule has 0 saturated heterocycles. The number of hydrogen-bond acceptors (Lipinski definition) is 9. The Morgan fingerprint density at radius 1 is 0.974 bits per heavy atom. The quantitative estimate of drug-likeness (QED) is 0.237. The van der Waals surface area contributed by atoms with Crippen LogP contribution in [0.15, 0.2) is 82.2 Å². The zero-order valence-corrected chi connectivity index (χ0v) is 22.9. The minimum absolute atomic E-state index is 0.00221. The molecule has 0 spiro atoms. The standard InChI is InChI=1S/C27H25ClN6O4S/c1-34(2)16-19-15-29-27(38-19)17-7-6-8-20(13-17)39(35,36)33-26-25(30-22-9-4-5-10-23(22)31-26)32-24-14-18(37-3)11-12-21(24)28/h4-15H,16H2,1-3H3,(H,30,32)(H,31,33). The number of nitrogens with zero attached hydrogens (tertiary/aromatic N) is 4. The molecule has 5 aromatic rings. The van der Waals surface area contributed by atoms with Crippen LogP contribution in [0, 0.1) is 0 Å². The van der Waals surface area contributed by atoms with Gasteiger partial charge in [-0.05, 0) is 56.6 Å². The van der Waals surface area contributed by atoms with Crippen LogP contribution < -0.4 is 14.8 Å². The van der Waals surface area contributed by atoms with E-state index < -0.39 is 10.0 Å². The zero-order chi connectivity index (χ0) is 27.6. The number of nitrogens with one attached hydrogen (secondary N) is 2. The predicted octanol–water partition coefficient (Wildman–Crippen LogP) is 5.55. The van der Waals surface area contributed by atoms with Crippen molar-refractivity contribution in [3.8, 4) is 17.2 Å². The van der Waals surface area contributed by atoms with Crippen molar-refractivity contribution in [1.82, 2.24) is 19.9 Å². The number of oxazole rings is 1. The molecule has 200 valence electrons. The molecule has 2 heterocycles. The first kappa shape index (κ1) is 26.4. The Labute approximate surface area is 230 Å². The minimum Gasteiger partial charge on any atom is -0.497 e. The van der Waals surface area contributed by atoms with Gasteiger partial charge in [-0.15, -0.1) is 0 Å². The van der Waals surface area contributed by atoms with E-state index in [4.69, 9.17) is 20.8 Å². The SMILES string of the molecule is COc1ccc(Cl)c(Nc2nc3ccccc3nc2NS(=O)(=O)c2cccc(-c3ncc(CN(C)C)o3)c2)c1. The van der Waals surface area contributed by atoms with E-state index in [9.17, 15) is 8.42 Å². The van der Waals surface area contributed by atoms with Crippen LogP contribution in [0.5, 0.6) is 5.75 Å². The summed E-state index contributed by atoms with van der Waals surface area (Å²) in [4.78, 5) is 15.4. The Kier molecular flexibility index (Phi) is 7.38. The Hall–Kier alpha value is -4.19.